The van der Waals surface area contributed by atoms with E-state index in [1.54, 1.807) is 0 Å². The van der Waals surface area contributed by atoms with Gasteiger partial charge in [-0.05, 0) is 19.4 Å². The maximum atomic E-state index is 3.43. The van der Waals surface area contributed by atoms with Gasteiger partial charge in [0.2, 0.25) is 0 Å². The van der Waals surface area contributed by atoms with Crippen molar-refractivity contribution in [2.75, 3.05) is 6.54 Å². The van der Waals surface area contributed by atoms with Gasteiger partial charge in [0.05, 0.1) is 0 Å². The topological polar surface area (TPSA) is 12.0 Å². The van der Waals surface area contributed by atoms with E-state index < -0.39 is 0 Å². The van der Waals surface area contributed by atoms with E-state index in [1.165, 1.54) is 19.3 Å². The normalized spacial score (nSPS) is 13.7. The molecule has 0 radical (unpaired) electrons. The van der Waals surface area contributed by atoms with E-state index in [0.717, 1.165) is 12.6 Å². The smallest absolute Gasteiger partial charge is 0.00642 e. The minimum atomic E-state index is 0.764. The van der Waals surface area contributed by atoms with Gasteiger partial charge >= 0.3 is 0 Å². The Hall–Kier alpha value is -0.0400. The molecule has 0 aliphatic carbocycles. The lowest BCUT2D eigenvalue weighted by Crippen LogP contribution is -2.27. The average molecular weight is 129 g/mol. The van der Waals surface area contributed by atoms with Crippen LogP contribution in [0.5, 0.6) is 0 Å². The third-order valence-corrected chi connectivity index (χ3v) is 1.62. The van der Waals surface area contributed by atoms with E-state index in [0.29, 0.717) is 0 Å². The highest BCUT2D eigenvalue weighted by Gasteiger charge is 1.99. The highest BCUT2D eigenvalue weighted by atomic mass is 14.9. The molecule has 9 heavy (non-hydrogen) atoms. The fourth-order valence-corrected chi connectivity index (χ4v) is 1.09. The van der Waals surface area contributed by atoms with Gasteiger partial charge in [-0.3, -0.25) is 0 Å². The minimum absolute atomic E-state index is 0.764. The second kappa shape index (κ2) is 6.09. The quantitative estimate of drug-likeness (QED) is 0.600. The first kappa shape index (κ1) is 8.96. The molecule has 0 heterocycles. The van der Waals surface area contributed by atoms with Crippen LogP contribution in [-0.4, -0.2) is 12.6 Å². The summed E-state index contributed by atoms with van der Waals surface area (Å²) in [7, 11) is 0. The number of hydrogen-bond donors (Lipinski definition) is 1. The molecule has 0 bridgehead atoms. The molecule has 0 aliphatic rings. The Morgan fingerprint density at radius 1 is 1.22 bits per heavy atom. The van der Waals surface area contributed by atoms with Crippen LogP contribution in [0.25, 0.3) is 0 Å². The molecule has 0 aromatic carbocycles. The highest BCUT2D eigenvalue weighted by molar-refractivity contribution is 4.61. The summed E-state index contributed by atoms with van der Waals surface area (Å²) in [6, 6.07) is 0.764. The minimum Gasteiger partial charge on any atom is -0.314 e. The third kappa shape index (κ3) is 4.46. The summed E-state index contributed by atoms with van der Waals surface area (Å²) in [5, 5.41) is 3.43. The van der Waals surface area contributed by atoms with Gasteiger partial charge in [0.15, 0.2) is 0 Å². The van der Waals surface area contributed by atoms with Crippen molar-refractivity contribution in [3.8, 4) is 0 Å². The van der Waals surface area contributed by atoms with Crippen molar-refractivity contribution < 1.29 is 0 Å². The van der Waals surface area contributed by atoms with Crippen molar-refractivity contribution in [3.05, 3.63) is 0 Å². The molecule has 0 saturated heterocycles. The summed E-state index contributed by atoms with van der Waals surface area (Å²) in [6.45, 7) is 7.75. The van der Waals surface area contributed by atoms with Crippen LogP contribution >= 0.6 is 0 Å². The van der Waals surface area contributed by atoms with E-state index >= 15 is 0 Å². The van der Waals surface area contributed by atoms with Crippen molar-refractivity contribution >= 4 is 0 Å². The van der Waals surface area contributed by atoms with Gasteiger partial charge in [-0.2, -0.15) is 0 Å². The Morgan fingerprint density at radius 3 is 2.22 bits per heavy atom. The summed E-state index contributed by atoms with van der Waals surface area (Å²) < 4.78 is 0. The molecule has 0 aromatic heterocycles. The predicted molar refractivity (Wildman–Crippen MR) is 42.7 cm³/mol. The Balaban J connectivity index is 3.18. The van der Waals surface area contributed by atoms with Crippen LogP contribution in [0.2, 0.25) is 0 Å². The molecule has 1 nitrogen and oxygen atoms in total. The molecule has 0 aliphatic heterocycles. The summed E-state index contributed by atoms with van der Waals surface area (Å²) in [5.74, 6) is 0. The molecule has 0 saturated carbocycles. The zero-order valence-corrected chi connectivity index (χ0v) is 6.91. The molecule has 0 rings (SSSR count). The van der Waals surface area contributed by atoms with Crippen molar-refractivity contribution in [2.45, 2.75) is 46.1 Å². The van der Waals surface area contributed by atoms with Crippen molar-refractivity contribution in [1.29, 1.82) is 0 Å². The van der Waals surface area contributed by atoms with Crippen LogP contribution in [0.1, 0.15) is 40.0 Å². The fourth-order valence-electron chi connectivity index (χ4n) is 1.09. The molecular formula is C8H19N. The molecule has 0 spiro atoms. The largest absolute Gasteiger partial charge is 0.314 e. The zero-order chi connectivity index (χ0) is 7.11. The summed E-state index contributed by atoms with van der Waals surface area (Å²) in [6.07, 6.45) is 3.89. The molecule has 0 aromatic rings. The Kier molecular flexibility index (Phi) is 6.06. The Labute approximate surface area is 58.8 Å². The van der Waals surface area contributed by atoms with Gasteiger partial charge in [-0.15, -0.1) is 0 Å². The van der Waals surface area contributed by atoms with Crippen LogP contribution in [-0.2, 0) is 0 Å². The van der Waals surface area contributed by atoms with Gasteiger partial charge in [-0.25, -0.2) is 0 Å². The SMILES string of the molecule is CCC[C@@H](CC)NCC. The average Bonchev–Trinajstić information content (AvgIpc) is 1.88. The lowest BCUT2D eigenvalue weighted by atomic mass is 10.1. The lowest BCUT2D eigenvalue weighted by Gasteiger charge is -2.13. The zero-order valence-electron chi connectivity index (χ0n) is 6.91. The van der Waals surface area contributed by atoms with Gasteiger partial charge in [0, 0.05) is 6.04 Å². The molecule has 1 heteroatoms. The highest BCUT2D eigenvalue weighted by Crippen LogP contribution is 1.99. The molecule has 1 atom stereocenters. The van der Waals surface area contributed by atoms with E-state index in [2.05, 4.69) is 26.1 Å². The first-order valence-electron chi connectivity index (χ1n) is 4.08. The van der Waals surface area contributed by atoms with Gasteiger partial charge in [-0.1, -0.05) is 27.2 Å². The van der Waals surface area contributed by atoms with Gasteiger partial charge < -0.3 is 5.32 Å². The van der Waals surface area contributed by atoms with E-state index in [9.17, 15) is 0 Å². The fraction of sp³-hybridized carbons (Fsp3) is 1.00. The second-order valence-electron chi connectivity index (χ2n) is 2.45. The van der Waals surface area contributed by atoms with Crippen LogP contribution in [0.4, 0.5) is 0 Å². The summed E-state index contributed by atoms with van der Waals surface area (Å²) in [4.78, 5) is 0. The van der Waals surface area contributed by atoms with Crippen molar-refractivity contribution in [1.82, 2.24) is 5.32 Å². The molecule has 1 N–H and O–H groups in total. The third-order valence-electron chi connectivity index (χ3n) is 1.62. The standard InChI is InChI=1S/C8H19N/c1-4-7-8(5-2)9-6-3/h8-9H,4-7H2,1-3H3/t8-/m1/s1. The van der Waals surface area contributed by atoms with E-state index in [4.69, 9.17) is 0 Å². The summed E-state index contributed by atoms with van der Waals surface area (Å²) >= 11 is 0. The maximum absolute atomic E-state index is 3.43. The predicted octanol–water partition coefficient (Wildman–Crippen LogP) is 2.17. The number of nitrogens with one attached hydrogen (secondary N) is 1. The molecular weight excluding hydrogens is 110 g/mol. The van der Waals surface area contributed by atoms with Crippen LogP contribution in [0.3, 0.4) is 0 Å². The lowest BCUT2D eigenvalue weighted by molar-refractivity contribution is 0.476. The molecule has 0 fully saturated rings. The molecule has 56 valence electrons. The molecule has 0 amide bonds. The monoisotopic (exact) mass is 129 g/mol. The molecule has 0 unspecified atom stereocenters. The maximum Gasteiger partial charge on any atom is 0.00642 e. The number of hydrogen-bond acceptors (Lipinski definition) is 1. The van der Waals surface area contributed by atoms with Crippen LogP contribution in [0, 0.1) is 0 Å². The van der Waals surface area contributed by atoms with Gasteiger partial charge in [0.1, 0.15) is 0 Å². The van der Waals surface area contributed by atoms with Crippen LogP contribution < -0.4 is 5.32 Å². The second-order valence-corrected chi connectivity index (χ2v) is 2.45. The van der Waals surface area contributed by atoms with Crippen molar-refractivity contribution in [2.24, 2.45) is 0 Å². The van der Waals surface area contributed by atoms with E-state index in [-0.39, 0.29) is 0 Å². The Bertz CT molecular complexity index is 46.5. The van der Waals surface area contributed by atoms with E-state index in [1.807, 2.05) is 0 Å². The Morgan fingerprint density at radius 2 is 1.89 bits per heavy atom. The van der Waals surface area contributed by atoms with Gasteiger partial charge in [0.25, 0.3) is 0 Å². The summed E-state index contributed by atoms with van der Waals surface area (Å²) in [5.41, 5.74) is 0. The van der Waals surface area contributed by atoms with Crippen LogP contribution in [0.15, 0.2) is 0 Å². The number of rotatable bonds is 5. The first-order valence-corrected chi connectivity index (χ1v) is 4.08. The van der Waals surface area contributed by atoms with Crippen molar-refractivity contribution in [3.63, 3.8) is 0 Å². The first-order chi connectivity index (χ1) is 4.35.